The van der Waals surface area contributed by atoms with Gasteiger partial charge in [0.25, 0.3) is 5.91 Å². The molecule has 2 N–H and O–H groups in total. The van der Waals surface area contributed by atoms with Crippen LogP contribution in [-0.2, 0) is 10.3 Å². The predicted octanol–water partition coefficient (Wildman–Crippen LogP) is 2.34. The largest absolute Gasteiger partial charge is 0.491 e. The Morgan fingerprint density at radius 1 is 1.15 bits per heavy atom. The highest BCUT2D eigenvalue weighted by atomic mass is 19.1. The van der Waals surface area contributed by atoms with Gasteiger partial charge >= 0.3 is 6.03 Å². The van der Waals surface area contributed by atoms with Crippen molar-refractivity contribution in [3.8, 4) is 5.75 Å². The molecule has 0 radical (unpaired) electrons. The highest BCUT2D eigenvalue weighted by Gasteiger charge is 2.49. The number of carbonyl (C=O) groups excluding carboxylic acids is 2. The normalized spacial score (nSPS) is 20.5. The number of amides is 3. The number of rotatable bonds is 6. The number of aliphatic hydroxyl groups excluding tert-OH is 1. The Balaban J connectivity index is 1.64. The van der Waals surface area contributed by atoms with E-state index < -0.39 is 29.4 Å². The third-order valence-corrected chi connectivity index (χ3v) is 4.55. The molecule has 1 aliphatic heterocycles. The van der Waals surface area contributed by atoms with Gasteiger partial charge in [-0.2, -0.15) is 0 Å². The minimum absolute atomic E-state index is 0.135. The van der Waals surface area contributed by atoms with Crippen LogP contribution in [0.3, 0.4) is 0 Å². The summed E-state index contributed by atoms with van der Waals surface area (Å²) in [5.74, 6) is -0.438. The minimum Gasteiger partial charge on any atom is -0.491 e. The van der Waals surface area contributed by atoms with Gasteiger partial charge in [0, 0.05) is 0 Å². The van der Waals surface area contributed by atoms with Gasteiger partial charge in [0.2, 0.25) is 0 Å². The standard InChI is InChI=1S/C20H21FN2O4/c1-13-3-5-14(6-4-13)20(2)18(25)23(19(26)22-20)11-16(24)12-27-17-9-7-15(21)8-10-17/h3-10,16,24H,11-12H2,1-2H3,(H,22,26)/t16-,20+/m0/s1. The van der Waals surface area contributed by atoms with Gasteiger partial charge in [-0.25, -0.2) is 9.18 Å². The monoisotopic (exact) mass is 372 g/mol. The van der Waals surface area contributed by atoms with Crippen molar-refractivity contribution >= 4 is 11.9 Å². The second-order valence-corrected chi connectivity index (χ2v) is 6.76. The molecular formula is C20H21FN2O4. The van der Waals surface area contributed by atoms with Crippen LogP contribution in [-0.4, -0.2) is 41.2 Å². The van der Waals surface area contributed by atoms with Crippen LogP contribution >= 0.6 is 0 Å². The van der Waals surface area contributed by atoms with Crippen molar-refractivity contribution in [1.29, 1.82) is 0 Å². The van der Waals surface area contributed by atoms with Crippen LogP contribution in [0.25, 0.3) is 0 Å². The van der Waals surface area contributed by atoms with E-state index in [-0.39, 0.29) is 13.2 Å². The first-order chi connectivity index (χ1) is 12.8. The fourth-order valence-electron chi connectivity index (χ4n) is 2.93. The van der Waals surface area contributed by atoms with Crippen LogP contribution in [0.1, 0.15) is 18.1 Å². The number of aliphatic hydroxyl groups is 1. The summed E-state index contributed by atoms with van der Waals surface area (Å²) < 4.78 is 18.3. The number of halogens is 1. The van der Waals surface area contributed by atoms with Crippen molar-refractivity contribution in [3.63, 3.8) is 0 Å². The Bertz CT molecular complexity index is 838. The predicted molar refractivity (Wildman–Crippen MR) is 96.7 cm³/mol. The fraction of sp³-hybridized carbons (Fsp3) is 0.300. The van der Waals surface area contributed by atoms with E-state index in [1.54, 1.807) is 19.1 Å². The highest BCUT2D eigenvalue weighted by Crippen LogP contribution is 2.29. The Morgan fingerprint density at radius 3 is 2.41 bits per heavy atom. The Hall–Kier alpha value is -2.93. The van der Waals surface area contributed by atoms with Gasteiger partial charge in [0.15, 0.2) is 0 Å². The first-order valence-corrected chi connectivity index (χ1v) is 8.57. The van der Waals surface area contributed by atoms with Crippen molar-refractivity contribution in [2.45, 2.75) is 25.5 Å². The molecule has 1 aliphatic rings. The zero-order valence-corrected chi connectivity index (χ0v) is 15.1. The molecule has 0 saturated carbocycles. The fourth-order valence-corrected chi connectivity index (χ4v) is 2.93. The summed E-state index contributed by atoms with van der Waals surface area (Å²) >= 11 is 0. The maximum Gasteiger partial charge on any atom is 0.325 e. The molecule has 1 saturated heterocycles. The number of carbonyl (C=O) groups is 2. The summed E-state index contributed by atoms with van der Waals surface area (Å²) in [6.45, 7) is 3.24. The third-order valence-electron chi connectivity index (χ3n) is 4.55. The number of ether oxygens (including phenoxy) is 1. The topological polar surface area (TPSA) is 78.9 Å². The molecule has 0 aliphatic carbocycles. The molecule has 7 heteroatoms. The molecule has 6 nitrogen and oxygen atoms in total. The van der Waals surface area contributed by atoms with Crippen molar-refractivity contribution in [1.82, 2.24) is 10.2 Å². The van der Waals surface area contributed by atoms with Gasteiger partial charge in [0.1, 0.15) is 29.8 Å². The van der Waals surface area contributed by atoms with Gasteiger partial charge in [-0.05, 0) is 43.7 Å². The van der Waals surface area contributed by atoms with E-state index >= 15 is 0 Å². The number of benzene rings is 2. The summed E-state index contributed by atoms with van der Waals surface area (Å²) in [4.78, 5) is 26.1. The summed E-state index contributed by atoms with van der Waals surface area (Å²) in [5.41, 5.74) is 0.540. The van der Waals surface area contributed by atoms with Gasteiger partial charge in [-0.1, -0.05) is 29.8 Å². The molecule has 27 heavy (non-hydrogen) atoms. The second kappa shape index (κ2) is 7.36. The van der Waals surface area contributed by atoms with Gasteiger partial charge < -0.3 is 15.2 Å². The molecule has 1 heterocycles. The highest BCUT2D eigenvalue weighted by molar-refractivity contribution is 6.07. The third kappa shape index (κ3) is 3.93. The summed E-state index contributed by atoms with van der Waals surface area (Å²) in [6.07, 6.45) is -1.08. The molecule has 0 aromatic heterocycles. The Kier molecular flexibility index (Phi) is 5.14. The van der Waals surface area contributed by atoms with E-state index in [0.717, 1.165) is 10.5 Å². The molecule has 142 valence electrons. The molecule has 0 spiro atoms. The van der Waals surface area contributed by atoms with E-state index in [4.69, 9.17) is 4.74 Å². The first-order valence-electron chi connectivity index (χ1n) is 8.57. The van der Waals surface area contributed by atoms with E-state index in [2.05, 4.69) is 5.32 Å². The van der Waals surface area contributed by atoms with Crippen molar-refractivity contribution in [3.05, 3.63) is 65.5 Å². The number of hydrogen-bond acceptors (Lipinski definition) is 4. The SMILES string of the molecule is Cc1ccc([C@@]2(C)NC(=O)N(C[C@H](O)COc3ccc(F)cc3)C2=O)cc1. The van der Waals surface area contributed by atoms with Crippen molar-refractivity contribution in [2.24, 2.45) is 0 Å². The minimum atomic E-state index is -1.18. The summed E-state index contributed by atoms with van der Waals surface area (Å²) in [7, 11) is 0. The Labute approximate surface area is 156 Å². The zero-order chi connectivity index (χ0) is 19.6. The van der Waals surface area contributed by atoms with E-state index in [0.29, 0.717) is 11.3 Å². The molecule has 0 bridgehead atoms. The number of nitrogens with zero attached hydrogens (tertiary/aromatic N) is 1. The van der Waals surface area contributed by atoms with Crippen LogP contribution in [0.15, 0.2) is 48.5 Å². The van der Waals surface area contributed by atoms with E-state index in [9.17, 15) is 19.1 Å². The maximum atomic E-state index is 12.9. The number of hydrogen-bond donors (Lipinski definition) is 2. The molecular weight excluding hydrogens is 351 g/mol. The van der Waals surface area contributed by atoms with Crippen LogP contribution in [0.5, 0.6) is 5.75 Å². The Morgan fingerprint density at radius 2 is 1.78 bits per heavy atom. The summed E-state index contributed by atoms with van der Waals surface area (Å²) in [5, 5.41) is 12.9. The van der Waals surface area contributed by atoms with Gasteiger partial charge in [-0.3, -0.25) is 9.69 Å². The van der Waals surface area contributed by atoms with Gasteiger partial charge in [-0.15, -0.1) is 0 Å². The lowest BCUT2D eigenvalue weighted by Gasteiger charge is -2.23. The molecule has 2 aromatic rings. The smallest absolute Gasteiger partial charge is 0.325 e. The molecule has 3 amide bonds. The van der Waals surface area contributed by atoms with E-state index in [1.807, 2.05) is 19.1 Å². The number of nitrogens with one attached hydrogen (secondary N) is 1. The molecule has 0 unspecified atom stereocenters. The summed E-state index contributed by atoms with van der Waals surface area (Å²) in [6, 6.07) is 12.1. The van der Waals surface area contributed by atoms with Crippen molar-refractivity contribution in [2.75, 3.05) is 13.2 Å². The number of β-amino-alcohol motifs (C(OH)–C–C–N with tert-alkyl or cyclic N) is 1. The van der Waals surface area contributed by atoms with Crippen LogP contribution in [0.4, 0.5) is 9.18 Å². The molecule has 2 atom stereocenters. The average molecular weight is 372 g/mol. The quantitative estimate of drug-likeness (QED) is 0.763. The van der Waals surface area contributed by atoms with E-state index in [1.165, 1.54) is 24.3 Å². The van der Waals surface area contributed by atoms with Gasteiger partial charge in [0.05, 0.1) is 6.54 Å². The lowest BCUT2D eigenvalue weighted by molar-refractivity contribution is -0.132. The lowest BCUT2D eigenvalue weighted by atomic mass is 9.91. The van der Waals surface area contributed by atoms with Crippen molar-refractivity contribution < 1.29 is 23.8 Å². The average Bonchev–Trinajstić information content (AvgIpc) is 2.86. The number of imide groups is 1. The molecule has 2 aromatic carbocycles. The number of aryl methyl sites for hydroxylation is 1. The maximum absolute atomic E-state index is 12.9. The first kappa shape index (κ1) is 18.8. The second-order valence-electron chi connectivity index (χ2n) is 6.76. The van der Waals surface area contributed by atoms with Crippen LogP contribution in [0.2, 0.25) is 0 Å². The lowest BCUT2D eigenvalue weighted by Crippen LogP contribution is -2.42. The molecule has 1 fully saturated rings. The van der Waals surface area contributed by atoms with Crippen LogP contribution < -0.4 is 10.1 Å². The zero-order valence-electron chi connectivity index (χ0n) is 15.1. The molecule has 3 rings (SSSR count). The van der Waals surface area contributed by atoms with Crippen LogP contribution in [0, 0.1) is 12.7 Å². The number of urea groups is 1.